The number of nitrogens with one attached hydrogen (secondary N) is 2. The number of nitriles is 1. The van der Waals surface area contributed by atoms with Crippen LogP contribution in [0.25, 0.3) is 0 Å². The van der Waals surface area contributed by atoms with Crippen molar-refractivity contribution in [3.05, 3.63) is 35.4 Å². The van der Waals surface area contributed by atoms with Gasteiger partial charge in [-0.25, -0.2) is 0 Å². The van der Waals surface area contributed by atoms with E-state index < -0.39 is 0 Å². The SMILES string of the molecule is N#Cc1cccc([C@]23CCC(NCCCN4CCNCC4)C2C3)c1. The molecule has 1 aliphatic heterocycles. The highest BCUT2D eigenvalue weighted by Gasteiger charge is 2.62. The van der Waals surface area contributed by atoms with Crippen LogP contribution in [0.15, 0.2) is 24.3 Å². The highest BCUT2D eigenvalue weighted by Crippen LogP contribution is 2.64. The van der Waals surface area contributed by atoms with E-state index >= 15 is 0 Å². The van der Waals surface area contributed by atoms with E-state index in [2.05, 4.69) is 33.7 Å². The molecule has 2 saturated carbocycles. The van der Waals surface area contributed by atoms with Crippen molar-refractivity contribution >= 4 is 0 Å². The van der Waals surface area contributed by atoms with E-state index in [9.17, 15) is 0 Å². The average Bonchev–Trinajstić information content (AvgIpc) is 3.28. The molecule has 0 aromatic heterocycles. The number of fused-ring (bicyclic) bond motifs is 1. The van der Waals surface area contributed by atoms with E-state index in [4.69, 9.17) is 5.26 Å². The third-order valence-corrected chi connectivity index (χ3v) is 6.35. The Kier molecular flexibility index (Phi) is 4.58. The van der Waals surface area contributed by atoms with Gasteiger partial charge < -0.3 is 15.5 Å². The van der Waals surface area contributed by atoms with Gasteiger partial charge in [-0.3, -0.25) is 0 Å². The largest absolute Gasteiger partial charge is 0.314 e. The van der Waals surface area contributed by atoms with Crippen LogP contribution >= 0.6 is 0 Å². The van der Waals surface area contributed by atoms with Gasteiger partial charge in [0.25, 0.3) is 0 Å². The fourth-order valence-electron chi connectivity index (χ4n) is 4.91. The van der Waals surface area contributed by atoms with Crippen LogP contribution in [0.1, 0.15) is 36.8 Å². The highest BCUT2D eigenvalue weighted by molar-refractivity contribution is 5.42. The molecule has 4 heteroatoms. The van der Waals surface area contributed by atoms with Crippen LogP contribution in [0.2, 0.25) is 0 Å². The Balaban J connectivity index is 1.25. The van der Waals surface area contributed by atoms with Crippen molar-refractivity contribution in [2.45, 2.75) is 37.1 Å². The van der Waals surface area contributed by atoms with Gasteiger partial charge in [0.05, 0.1) is 11.6 Å². The standard InChI is InChI=1S/C20H28N4/c21-15-16-3-1-4-17(13-16)20-6-5-19(18(20)14-20)23-7-2-10-24-11-8-22-9-12-24/h1,3-4,13,18-19,22-23H,2,5-12,14H2/t18?,19?,20-/m1/s1. The van der Waals surface area contributed by atoms with Gasteiger partial charge in [0, 0.05) is 37.6 Å². The summed E-state index contributed by atoms with van der Waals surface area (Å²) >= 11 is 0. The lowest BCUT2D eigenvalue weighted by molar-refractivity contribution is 0.236. The zero-order valence-electron chi connectivity index (χ0n) is 14.4. The maximum Gasteiger partial charge on any atom is 0.0991 e. The molecule has 2 N–H and O–H groups in total. The molecule has 4 rings (SSSR count). The first kappa shape index (κ1) is 16.1. The second-order valence-electron chi connectivity index (χ2n) is 7.70. The van der Waals surface area contributed by atoms with E-state index in [1.54, 1.807) is 0 Å². The summed E-state index contributed by atoms with van der Waals surface area (Å²) in [6, 6.07) is 11.3. The number of hydrogen-bond donors (Lipinski definition) is 2. The summed E-state index contributed by atoms with van der Waals surface area (Å²) in [6.07, 6.45) is 5.12. The lowest BCUT2D eigenvalue weighted by atomic mass is 9.92. The van der Waals surface area contributed by atoms with Gasteiger partial charge in [-0.15, -0.1) is 0 Å². The van der Waals surface area contributed by atoms with E-state index in [-0.39, 0.29) is 0 Å². The van der Waals surface area contributed by atoms with Crippen LogP contribution < -0.4 is 10.6 Å². The molecule has 2 unspecified atom stereocenters. The van der Waals surface area contributed by atoms with Crippen LogP contribution in [-0.2, 0) is 5.41 Å². The quantitative estimate of drug-likeness (QED) is 0.784. The fraction of sp³-hybridized carbons (Fsp3) is 0.650. The molecule has 1 aromatic rings. The minimum absolute atomic E-state index is 0.378. The van der Waals surface area contributed by atoms with Crippen molar-refractivity contribution < 1.29 is 0 Å². The third-order valence-electron chi connectivity index (χ3n) is 6.35. The number of rotatable bonds is 6. The van der Waals surface area contributed by atoms with E-state index in [1.807, 2.05) is 12.1 Å². The lowest BCUT2D eigenvalue weighted by Crippen LogP contribution is -2.44. The predicted octanol–water partition coefficient (Wildman–Crippen LogP) is 1.86. The molecular formula is C20H28N4. The van der Waals surface area contributed by atoms with Crippen molar-refractivity contribution in [1.29, 1.82) is 5.26 Å². The minimum atomic E-state index is 0.378. The summed E-state index contributed by atoms with van der Waals surface area (Å²) in [5.41, 5.74) is 2.58. The molecule has 24 heavy (non-hydrogen) atoms. The first-order valence-corrected chi connectivity index (χ1v) is 9.49. The van der Waals surface area contributed by atoms with E-state index in [1.165, 1.54) is 50.9 Å². The number of piperazine rings is 1. The van der Waals surface area contributed by atoms with Crippen molar-refractivity contribution in [3.8, 4) is 6.07 Å². The molecule has 128 valence electrons. The maximum atomic E-state index is 9.13. The summed E-state index contributed by atoms with van der Waals surface area (Å²) in [5.74, 6) is 0.783. The zero-order valence-corrected chi connectivity index (χ0v) is 14.4. The Morgan fingerprint density at radius 1 is 1.33 bits per heavy atom. The van der Waals surface area contributed by atoms with Gasteiger partial charge in [-0.2, -0.15) is 5.26 Å². The maximum absolute atomic E-state index is 9.13. The molecule has 3 fully saturated rings. The molecular weight excluding hydrogens is 296 g/mol. The van der Waals surface area contributed by atoms with Crippen molar-refractivity contribution in [2.24, 2.45) is 5.92 Å². The van der Waals surface area contributed by atoms with Crippen LogP contribution in [0.3, 0.4) is 0 Å². The van der Waals surface area contributed by atoms with Crippen LogP contribution in [0, 0.1) is 17.2 Å². The molecule has 0 bridgehead atoms. The second kappa shape index (κ2) is 6.84. The molecule has 2 aliphatic carbocycles. The van der Waals surface area contributed by atoms with Crippen molar-refractivity contribution in [1.82, 2.24) is 15.5 Å². The Hall–Kier alpha value is -1.41. The summed E-state index contributed by atoms with van der Waals surface area (Å²) < 4.78 is 0. The summed E-state index contributed by atoms with van der Waals surface area (Å²) in [4.78, 5) is 2.57. The molecule has 3 aliphatic rings. The normalized spacial score (nSPS) is 32.3. The van der Waals surface area contributed by atoms with Crippen LogP contribution in [-0.4, -0.2) is 50.2 Å². The van der Waals surface area contributed by atoms with Crippen LogP contribution in [0.5, 0.6) is 0 Å². The highest BCUT2D eigenvalue weighted by atomic mass is 15.2. The number of nitrogens with zero attached hydrogens (tertiary/aromatic N) is 2. The van der Waals surface area contributed by atoms with E-state index in [0.29, 0.717) is 11.5 Å². The number of hydrogen-bond acceptors (Lipinski definition) is 4. The Labute approximate surface area is 145 Å². The predicted molar refractivity (Wildman–Crippen MR) is 95.9 cm³/mol. The monoisotopic (exact) mass is 324 g/mol. The van der Waals surface area contributed by atoms with Gasteiger partial charge in [0.2, 0.25) is 0 Å². The van der Waals surface area contributed by atoms with Gasteiger partial charge in [0.1, 0.15) is 0 Å². The van der Waals surface area contributed by atoms with Gasteiger partial charge in [-0.1, -0.05) is 12.1 Å². The Morgan fingerprint density at radius 3 is 3.00 bits per heavy atom. The molecule has 1 aromatic carbocycles. The first-order chi connectivity index (χ1) is 11.8. The summed E-state index contributed by atoms with van der Waals surface area (Å²) in [6.45, 7) is 7.04. The van der Waals surface area contributed by atoms with Gasteiger partial charge in [-0.05, 0) is 62.4 Å². The molecule has 0 amide bonds. The second-order valence-corrected chi connectivity index (χ2v) is 7.70. The Morgan fingerprint density at radius 2 is 2.21 bits per heavy atom. The smallest absolute Gasteiger partial charge is 0.0991 e. The molecule has 1 heterocycles. The zero-order chi connectivity index (χ0) is 16.4. The summed E-state index contributed by atoms with van der Waals surface area (Å²) in [7, 11) is 0. The van der Waals surface area contributed by atoms with Crippen molar-refractivity contribution in [2.75, 3.05) is 39.3 Å². The van der Waals surface area contributed by atoms with Crippen LogP contribution in [0.4, 0.5) is 0 Å². The van der Waals surface area contributed by atoms with Crippen molar-refractivity contribution in [3.63, 3.8) is 0 Å². The minimum Gasteiger partial charge on any atom is -0.314 e. The van der Waals surface area contributed by atoms with Gasteiger partial charge >= 0.3 is 0 Å². The van der Waals surface area contributed by atoms with Gasteiger partial charge in [0.15, 0.2) is 0 Å². The number of benzene rings is 1. The Bertz CT molecular complexity index is 616. The third kappa shape index (κ3) is 3.09. The molecule has 0 spiro atoms. The summed E-state index contributed by atoms with van der Waals surface area (Å²) in [5, 5.41) is 16.4. The average molecular weight is 324 g/mol. The topological polar surface area (TPSA) is 51.1 Å². The first-order valence-electron chi connectivity index (χ1n) is 9.49. The van der Waals surface area contributed by atoms with E-state index in [0.717, 1.165) is 31.1 Å². The molecule has 3 atom stereocenters. The molecule has 0 radical (unpaired) electrons. The molecule has 4 nitrogen and oxygen atoms in total. The fourth-order valence-corrected chi connectivity index (χ4v) is 4.91. The molecule has 1 saturated heterocycles. The lowest BCUT2D eigenvalue weighted by Gasteiger charge is -2.27.